The van der Waals surface area contributed by atoms with E-state index in [-0.39, 0.29) is 0 Å². The normalized spacial score (nSPS) is 14.2. The molecule has 0 heterocycles. The highest BCUT2D eigenvalue weighted by atomic mass is 19.4. The van der Waals surface area contributed by atoms with Crippen molar-refractivity contribution in [2.45, 2.75) is 24.9 Å². The second-order valence-electron chi connectivity index (χ2n) is 2.75. The zero-order chi connectivity index (χ0) is 14.7. The monoisotopic (exact) mass is 287 g/mol. The molecule has 106 valence electrons. The molecule has 0 amide bonds. The Bertz CT molecular complexity index is 315. The second kappa shape index (κ2) is 5.40. The molecule has 0 aliphatic carbocycles. The molecule has 0 fully saturated rings. The Hall–Kier alpha value is -1.55. The van der Waals surface area contributed by atoms with Crippen molar-refractivity contribution in [2.24, 2.45) is 0 Å². The second-order valence-corrected chi connectivity index (χ2v) is 2.75. The molecule has 0 radical (unpaired) electrons. The number of carbonyl (C=O) groups excluding carboxylic acids is 1. The van der Waals surface area contributed by atoms with Crippen LogP contribution >= 0.6 is 0 Å². The van der Waals surface area contributed by atoms with Gasteiger partial charge in [0.1, 0.15) is 0 Å². The number of esters is 1. The molecule has 0 aromatic carbocycles. The van der Waals surface area contributed by atoms with Gasteiger partial charge >= 0.3 is 18.3 Å². The van der Waals surface area contributed by atoms with Gasteiger partial charge < -0.3 is 9.84 Å². The summed E-state index contributed by atoms with van der Waals surface area (Å²) in [5.74, 6) is -4.72. The van der Waals surface area contributed by atoms with Crippen LogP contribution in [0.1, 0.15) is 0 Å². The molecule has 18 heavy (non-hydrogen) atoms. The van der Waals surface area contributed by atoms with E-state index in [4.69, 9.17) is 0 Å². The molecule has 0 saturated carbocycles. The first kappa shape index (κ1) is 16.4. The Kier molecular flexibility index (Phi) is 4.93. The first-order valence-corrected chi connectivity index (χ1v) is 3.86. The van der Waals surface area contributed by atoms with Crippen molar-refractivity contribution in [2.75, 3.05) is 0 Å². The van der Waals surface area contributed by atoms with Crippen LogP contribution < -0.4 is 5.11 Å². The number of carbonyl (C=O) groups is 1. The molecular formula is C7H3F8O3-. The van der Waals surface area contributed by atoms with Crippen molar-refractivity contribution in [3.63, 3.8) is 0 Å². The average Bonchev–Trinajstić information content (AvgIpc) is 2.10. The third-order valence-electron chi connectivity index (χ3n) is 1.30. The van der Waals surface area contributed by atoms with Gasteiger partial charge in [0.15, 0.2) is 0 Å². The summed E-state index contributed by atoms with van der Waals surface area (Å²) in [5.41, 5.74) is 0. The van der Waals surface area contributed by atoms with E-state index in [1.165, 1.54) is 0 Å². The predicted molar refractivity (Wildman–Crippen MR) is 36.1 cm³/mol. The summed E-state index contributed by atoms with van der Waals surface area (Å²) in [6, 6.07) is 0. The lowest BCUT2D eigenvalue weighted by molar-refractivity contribution is -0.325. The van der Waals surface area contributed by atoms with E-state index >= 15 is 0 Å². The van der Waals surface area contributed by atoms with E-state index in [0.29, 0.717) is 0 Å². The fraction of sp³-hybridized carbons (Fsp3) is 0.571. The van der Waals surface area contributed by atoms with Crippen LogP contribution in [-0.2, 0) is 9.53 Å². The van der Waals surface area contributed by atoms with Crippen LogP contribution in [0.5, 0.6) is 0 Å². The quantitative estimate of drug-likeness (QED) is 0.342. The van der Waals surface area contributed by atoms with Gasteiger partial charge in [0.25, 0.3) is 6.10 Å². The van der Waals surface area contributed by atoms with E-state index in [0.717, 1.165) is 0 Å². The topological polar surface area (TPSA) is 49.4 Å². The molecule has 0 aliphatic rings. The molecule has 0 bridgehead atoms. The van der Waals surface area contributed by atoms with E-state index < -0.39 is 42.7 Å². The maximum Gasteiger partial charge on any atom is 0.434 e. The van der Waals surface area contributed by atoms with Gasteiger partial charge in [0, 0.05) is 6.08 Å². The number of halogens is 8. The molecule has 3 nitrogen and oxygen atoms in total. The highest BCUT2D eigenvalue weighted by Gasteiger charge is 2.59. The van der Waals surface area contributed by atoms with Crippen LogP contribution in [0.2, 0.25) is 0 Å². The average molecular weight is 287 g/mol. The maximum absolute atomic E-state index is 11.8. The van der Waals surface area contributed by atoms with Gasteiger partial charge in [-0.05, 0) is 0 Å². The van der Waals surface area contributed by atoms with Crippen LogP contribution in [0.15, 0.2) is 11.8 Å². The smallest absolute Gasteiger partial charge is 0.434 e. The van der Waals surface area contributed by atoms with Gasteiger partial charge in [-0.3, -0.25) is 0 Å². The highest BCUT2D eigenvalue weighted by Crippen LogP contribution is 2.35. The molecule has 0 saturated heterocycles. The zero-order valence-electron chi connectivity index (χ0n) is 7.98. The predicted octanol–water partition coefficient (Wildman–Crippen LogP) is 1.53. The fourth-order valence-electron chi connectivity index (χ4n) is 0.649. The summed E-state index contributed by atoms with van der Waals surface area (Å²) in [6.45, 7) is 0. The maximum atomic E-state index is 11.8. The van der Waals surface area contributed by atoms with Gasteiger partial charge in [-0.15, -0.1) is 0 Å². The summed E-state index contributed by atoms with van der Waals surface area (Å²) in [7, 11) is 0. The summed E-state index contributed by atoms with van der Waals surface area (Å²) >= 11 is 0. The third kappa shape index (κ3) is 5.19. The standard InChI is InChI=1S/C7H4F8O3/c8-4(9)2(16)1-3(17)18-5(6(10,11)12)7(13,14)15/h1,4-5,16H/p-1/b2-1-. The summed E-state index contributed by atoms with van der Waals surface area (Å²) in [5, 5.41) is 10.2. The minimum absolute atomic E-state index is 0.685. The fourth-order valence-corrected chi connectivity index (χ4v) is 0.649. The number of allylic oxidation sites excluding steroid dienone is 1. The molecular weight excluding hydrogens is 284 g/mol. The van der Waals surface area contributed by atoms with Gasteiger partial charge in [0.05, 0.1) is 0 Å². The Balaban J connectivity index is 4.94. The van der Waals surface area contributed by atoms with Crippen LogP contribution in [0, 0.1) is 0 Å². The van der Waals surface area contributed by atoms with Gasteiger partial charge in [0.2, 0.25) is 6.43 Å². The number of rotatable bonds is 3. The lowest BCUT2D eigenvalue weighted by Gasteiger charge is -2.22. The van der Waals surface area contributed by atoms with Crippen LogP contribution in [0.4, 0.5) is 35.1 Å². The Labute approximate surface area is 93.6 Å². The van der Waals surface area contributed by atoms with Crippen molar-refractivity contribution < 1.29 is 49.8 Å². The Morgan fingerprint density at radius 2 is 1.44 bits per heavy atom. The first-order valence-electron chi connectivity index (χ1n) is 3.86. The van der Waals surface area contributed by atoms with E-state index in [1.54, 1.807) is 0 Å². The van der Waals surface area contributed by atoms with Crippen LogP contribution in [0.25, 0.3) is 0 Å². The lowest BCUT2D eigenvalue weighted by Crippen LogP contribution is -2.45. The molecule has 0 aliphatic heterocycles. The Morgan fingerprint density at radius 1 is 1.06 bits per heavy atom. The molecule has 0 aromatic rings. The number of hydrogen-bond donors (Lipinski definition) is 0. The van der Waals surface area contributed by atoms with Crippen molar-refractivity contribution in [1.82, 2.24) is 0 Å². The number of alkyl halides is 8. The molecule has 0 atom stereocenters. The number of ether oxygens (including phenoxy) is 1. The molecule has 0 rings (SSSR count). The zero-order valence-corrected chi connectivity index (χ0v) is 7.98. The highest BCUT2D eigenvalue weighted by molar-refractivity contribution is 5.82. The minimum Gasteiger partial charge on any atom is -0.871 e. The van der Waals surface area contributed by atoms with Crippen LogP contribution in [-0.4, -0.2) is 30.9 Å². The first-order chi connectivity index (χ1) is 7.85. The van der Waals surface area contributed by atoms with Crippen molar-refractivity contribution in [3.05, 3.63) is 11.8 Å². The van der Waals surface area contributed by atoms with E-state index in [9.17, 15) is 45.0 Å². The van der Waals surface area contributed by atoms with Gasteiger partial charge in [-0.25, -0.2) is 13.6 Å². The van der Waals surface area contributed by atoms with Crippen LogP contribution in [0.3, 0.4) is 0 Å². The van der Waals surface area contributed by atoms with Gasteiger partial charge in [-0.1, -0.05) is 5.76 Å². The number of hydrogen-bond acceptors (Lipinski definition) is 3. The Morgan fingerprint density at radius 3 is 1.72 bits per heavy atom. The SMILES string of the molecule is O=C(/C=C(\[O-])C(F)F)OC(C(F)(F)F)C(F)(F)F. The molecule has 0 spiro atoms. The van der Waals surface area contributed by atoms with E-state index in [2.05, 4.69) is 4.74 Å². The van der Waals surface area contributed by atoms with E-state index in [1.807, 2.05) is 0 Å². The molecule has 0 N–H and O–H groups in total. The summed E-state index contributed by atoms with van der Waals surface area (Å²) in [4.78, 5) is 10.4. The minimum atomic E-state index is -5.98. The molecule has 0 unspecified atom stereocenters. The molecule has 11 heteroatoms. The summed E-state index contributed by atoms with van der Waals surface area (Å²) in [6.07, 6.45) is -20.9. The molecule has 0 aromatic heterocycles. The third-order valence-corrected chi connectivity index (χ3v) is 1.30. The lowest BCUT2D eigenvalue weighted by atomic mass is 10.3. The van der Waals surface area contributed by atoms with Crippen molar-refractivity contribution in [3.8, 4) is 0 Å². The summed E-state index contributed by atoms with van der Waals surface area (Å²) < 4.78 is 97.0. The van der Waals surface area contributed by atoms with Gasteiger partial charge in [-0.2, -0.15) is 26.3 Å². The van der Waals surface area contributed by atoms with Crippen molar-refractivity contribution in [1.29, 1.82) is 0 Å². The largest absolute Gasteiger partial charge is 0.871 e. The van der Waals surface area contributed by atoms with Crippen molar-refractivity contribution >= 4 is 5.97 Å².